The van der Waals surface area contributed by atoms with E-state index in [4.69, 9.17) is 19.2 Å². The molecule has 1 aromatic carbocycles. The fourth-order valence-electron chi connectivity index (χ4n) is 1.48. The van der Waals surface area contributed by atoms with Gasteiger partial charge in [0.2, 0.25) is 0 Å². The first kappa shape index (κ1) is 10.8. The lowest BCUT2D eigenvalue weighted by Gasteiger charge is -2.04. The molecule has 16 heavy (non-hydrogen) atoms. The Morgan fingerprint density at radius 3 is 2.50 bits per heavy atom. The lowest BCUT2D eigenvalue weighted by Crippen LogP contribution is -2.27. The van der Waals surface area contributed by atoms with E-state index in [9.17, 15) is 0 Å². The highest BCUT2D eigenvalue weighted by Crippen LogP contribution is 2.29. The number of para-hydroxylation sites is 1. The van der Waals surface area contributed by atoms with Gasteiger partial charge in [0.05, 0.1) is 12.7 Å². The molecule has 4 nitrogen and oxygen atoms in total. The number of hydrogen-bond donors (Lipinski definition) is 2. The third-order valence-corrected chi connectivity index (χ3v) is 2.25. The van der Waals surface area contributed by atoms with Gasteiger partial charge in [0.15, 0.2) is 0 Å². The zero-order chi connectivity index (χ0) is 11.5. The van der Waals surface area contributed by atoms with E-state index < -0.39 is 7.12 Å². The van der Waals surface area contributed by atoms with E-state index in [0.717, 1.165) is 5.56 Å². The van der Waals surface area contributed by atoms with Crippen molar-refractivity contribution in [3.05, 3.63) is 36.4 Å². The van der Waals surface area contributed by atoms with Crippen LogP contribution in [0.5, 0.6) is 5.75 Å². The average molecular weight is 218 g/mol. The minimum Gasteiger partial charge on any atom is -0.496 e. The van der Waals surface area contributed by atoms with Gasteiger partial charge in [-0.05, 0) is 24.3 Å². The van der Waals surface area contributed by atoms with Crippen LogP contribution in [0.3, 0.4) is 0 Å². The summed E-state index contributed by atoms with van der Waals surface area (Å²) in [6.07, 6.45) is 0. The van der Waals surface area contributed by atoms with E-state index >= 15 is 0 Å². The zero-order valence-electron chi connectivity index (χ0n) is 8.75. The molecule has 1 aromatic heterocycles. The molecule has 0 unspecified atom stereocenters. The van der Waals surface area contributed by atoms with Crippen molar-refractivity contribution in [3.63, 3.8) is 0 Å². The Balaban J connectivity index is 2.42. The van der Waals surface area contributed by atoms with E-state index in [1.807, 2.05) is 24.3 Å². The van der Waals surface area contributed by atoms with E-state index in [2.05, 4.69) is 0 Å². The lowest BCUT2D eigenvalue weighted by atomic mass is 9.88. The average Bonchev–Trinajstić information content (AvgIpc) is 2.78. The Morgan fingerprint density at radius 2 is 1.88 bits per heavy atom. The minimum atomic E-state index is -1.59. The van der Waals surface area contributed by atoms with Crippen LogP contribution in [0.15, 0.2) is 40.8 Å². The first-order valence-corrected chi connectivity index (χ1v) is 4.81. The summed E-state index contributed by atoms with van der Waals surface area (Å²) in [6, 6.07) is 10.6. The first-order chi connectivity index (χ1) is 7.72. The van der Waals surface area contributed by atoms with Crippen molar-refractivity contribution in [2.24, 2.45) is 0 Å². The molecule has 2 rings (SSSR count). The predicted molar refractivity (Wildman–Crippen MR) is 60.5 cm³/mol. The van der Waals surface area contributed by atoms with Crippen molar-refractivity contribution in [1.29, 1.82) is 0 Å². The third-order valence-electron chi connectivity index (χ3n) is 2.25. The molecular weight excluding hydrogens is 207 g/mol. The van der Waals surface area contributed by atoms with Crippen LogP contribution in [-0.2, 0) is 0 Å². The zero-order valence-corrected chi connectivity index (χ0v) is 8.75. The van der Waals surface area contributed by atoms with Crippen LogP contribution in [0.2, 0.25) is 0 Å². The number of rotatable bonds is 3. The van der Waals surface area contributed by atoms with Crippen molar-refractivity contribution in [2.75, 3.05) is 7.11 Å². The lowest BCUT2D eigenvalue weighted by molar-refractivity contribution is 0.407. The number of hydrogen-bond acceptors (Lipinski definition) is 4. The van der Waals surface area contributed by atoms with Gasteiger partial charge in [-0.15, -0.1) is 0 Å². The van der Waals surface area contributed by atoms with Crippen LogP contribution < -0.4 is 10.4 Å². The summed E-state index contributed by atoms with van der Waals surface area (Å²) in [7, 11) is -0.0210. The molecule has 5 heteroatoms. The molecule has 82 valence electrons. The van der Waals surface area contributed by atoms with Crippen molar-refractivity contribution in [3.8, 4) is 17.1 Å². The molecule has 0 saturated heterocycles. The maximum Gasteiger partial charge on any atom is 0.526 e. The SMILES string of the molecule is COc1ccccc1-c1ccc(B(O)O)o1. The molecule has 0 atom stereocenters. The molecule has 0 aliphatic rings. The first-order valence-electron chi connectivity index (χ1n) is 4.81. The highest BCUT2D eigenvalue weighted by atomic mass is 16.5. The second-order valence-electron chi connectivity index (χ2n) is 3.28. The van der Waals surface area contributed by atoms with Crippen molar-refractivity contribution in [1.82, 2.24) is 0 Å². The summed E-state index contributed by atoms with van der Waals surface area (Å²) in [5.41, 5.74) is 0.887. The van der Waals surface area contributed by atoms with Crippen LogP contribution in [0.4, 0.5) is 0 Å². The van der Waals surface area contributed by atoms with Crippen LogP contribution in [0.25, 0.3) is 11.3 Å². The Bertz CT molecular complexity index is 478. The molecule has 0 aliphatic carbocycles. The molecule has 0 radical (unpaired) electrons. The molecule has 0 fully saturated rings. The third kappa shape index (κ3) is 1.96. The van der Waals surface area contributed by atoms with Crippen LogP contribution in [0.1, 0.15) is 0 Å². The summed E-state index contributed by atoms with van der Waals surface area (Å²) < 4.78 is 10.5. The maximum absolute atomic E-state index is 8.94. The minimum absolute atomic E-state index is 0.112. The molecule has 1 heterocycles. The Hall–Kier alpha value is -1.72. The van der Waals surface area contributed by atoms with E-state index in [1.165, 1.54) is 6.07 Å². The molecular formula is C11H11BO4. The van der Waals surface area contributed by atoms with Gasteiger partial charge in [0, 0.05) is 0 Å². The van der Waals surface area contributed by atoms with Gasteiger partial charge in [-0.3, -0.25) is 0 Å². The van der Waals surface area contributed by atoms with Crippen LogP contribution >= 0.6 is 0 Å². The monoisotopic (exact) mass is 218 g/mol. The Morgan fingerprint density at radius 1 is 1.12 bits per heavy atom. The summed E-state index contributed by atoms with van der Waals surface area (Å²) in [4.78, 5) is 0. The smallest absolute Gasteiger partial charge is 0.496 e. The van der Waals surface area contributed by atoms with Crippen LogP contribution in [-0.4, -0.2) is 24.3 Å². The highest BCUT2D eigenvalue weighted by Gasteiger charge is 2.17. The fourth-order valence-corrected chi connectivity index (χ4v) is 1.48. The van der Waals surface area contributed by atoms with Gasteiger partial charge in [0.1, 0.15) is 17.2 Å². The molecule has 0 saturated carbocycles. The molecule has 0 bridgehead atoms. The summed E-state index contributed by atoms with van der Waals surface area (Å²) >= 11 is 0. The van der Waals surface area contributed by atoms with Gasteiger partial charge >= 0.3 is 7.12 Å². The largest absolute Gasteiger partial charge is 0.526 e. The van der Waals surface area contributed by atoms with Gasteiger partial charge in [-0.2, -0.15) is 0 Å². The molecule has 0 spiro atoms. The number of benzene rings is 1. The number of furan rings is 1. The van der Waals surface area contributed by atoms with Crippen molar-refractivity contribution in [2.45, 2.75) is 0 Å². The van der Waals surface area contributed by atoms with E-state index in [-0.39, 0.29) is 5.66 Å². The normalized spacial score (nSPS) is 10.2. The molecule has 2 N–H and O–H groups in total. The van der Waals surface area contributed by atoms with Gasteiger partial charge in [0.25, 0.3) is 0 Å². The highest BCUT2D eigenvalue weighted by molar-refractivity contribution is 6.57. The van der Waals surface area contributed by atoms with Gasteiger partial charge in [-0.1, -0.05) is 12.1 Å². The van der Waals surface area contributed by atoms with Gasteiger partial charge in [-0.25, -0.2) is 0 Å². The van der Waals surface area contributed by atoms with Crippen molar-refractivity contribution >= 4 is 12.8 Å². The second-order valence-corrected chi connectivity index (χ2v) is 3.28. The number of ether oxygens (including phenoxy) is 1. The topological polar surface area (TPSA) is 62.8 Å². The molecule has 0 amide bonds. The van der Waals surface area contributed by atoms with Crippen LogP contribution in [0, 0.1) is 0 Å². The van der Waals surface area contributed by atoms with Gasteiger partial charge < -0.3 is 19.2 Å². The quantitative estimate of drug-likeness (QED) is 0.742. The summed E-state index contributed by atoms with van der Waals surface area (Å²) in [6.45, 7) is 0. The standard InChI is InChI=1S/C11H11BO4/c1-15-9-5-3-2-4-8(9)10-6-7-11(16-10)12(13)14/h2-7,13-14H,1H3. The fraction of sp³-hybridized carbons (Fsp3) is 0.0909. The Kier molecular flexibility index (Phi) is 2.98. The Labute approximate surface area is 93.2 Å². The van der Waals surface area contributed by atoms with Crippen molar-refractivity contribution < 1.29 is 19.2 Å². The van der Waals surface area contributed by atoms with E-state index in [1.54, 1.807) is 13.2 Å². The molecule has 2 aromatic rings. The van der Waals surface area contributed by atoms with E-state index in [0.29, 0.717) is 11.5 Å². The maximum atomic E-state index is 8.94. The predicted octanol–water partition coefficient (Wildman–Crippen LogP) is 0.635. The molecule has 0 aliphatic heterocycles. The number of methoxy groups -OCH3 is 1. The second kappa shape index (κ2) is 4.43. The summed E-state index contributed by atoms with van der Waals surface area (Å²) in [5.74, 6) is 1.22. The summed E-state index contributed by atoms with van der Waals surface area (Å²) in [5, 5.41) is 17.9.